The first-order valence-electron chi connectivity index (χ1n) is 7.00. The molecule has 0 fully saturated rings. The highest BCUT2D eigenvalue weighted by molar-refractivity contribution is 9.11. The highest BCUT2D eigenvalue weighted by Crippen LogP contribution is 2.21. The van der Waals surface area contributed by atoms with Crippen LogP contribution >= 0.6 is 31.9 Å². The van der Waals surface area contributed by atoms with Crippen LogP contribution in [0, 0.1) is 10.1 Å². The van der Waals surface area contributed by atoms with Gasteiger partial charge in [0.15, 0.2) is 0 Å². The number of nitro benzene ring substituents is 1. The van der Waals surface area contributed by atoms with E-state index in [9.17, 15) is 24.8 Å². The van der Waals surface area contributed by atoms with Crippen molar-refractivity contribution in [3.8, 4) is 0 Å². The largest absolute Gasteiger partial charge is 0.480 e. The summed E-state index contributed by atoms with van der Waals surface area (Å²) in [5.74, 6) is -1.87. The molecule has 1 atom stereocenters. The molecule has 0 heterocycles. The lowest BCUT2D eigenvalue weighted by molar-refractivity contribution is -0.385. The molecule has 9 heteroatoms. The van der Waals surface area contributed by atoms with Crippen LogP contribution in [0.2, 0.25) is 0 Å². The van der Waals surface area contributed by atoms with Gasteiger partial charge in [0.25, 0.3) is 11.6 Å². The fourth-order valence-electron chi connectivity index (χ4n) is 2.21. The number of nitro groups is 1. The molecule has 25 heavy (non-hydrogen) atoms. The summed E-state index contributed by atoms with van der Waals surface area (Å²) >= 11 is 6.51. The number of hydrogen-bond acceptors (Lipinski definition) is 4. The molecule has 0 saturated heterocycles. The molecule has 1 amide bonds. The number of carbonyl (C=O) groups excluding carboxylic acids is 1. The van der Waals surface area contributed by atoms with Crippen LogP contribution in [0.25, 0.3) is 0 Å². The molecule has 0 saturated carbocycles. The third-order valence-corrected chi connectivity index (χ3v) is 4.26. The van der Waals surface area contributed by atoms with Crippen LogP contribution in [0.1, 0.15) is 15.9 Å². The molecule has 0 aromatic heterocycles. The van der Waals surface area contributed by atoms with E-state index in [2.05, 4.69) is 37.2 Å². The van der Waals surface area contributed by atoms with Gasteiger partial charge in [-0.3, -0.25) is 14.9 Å². The number of carboxylic acids is 1. The van der Waals surface area contributed by atoms with Crippen LogP contribution < -0.4 is 5.32 Å². The minimum atomic E-state index is -1.30. The molecule has 2 aromatic carbocycles. The van der Waals surface area contributed by atoms with Crippen LogP contribution in [-0.2, 0) is 11.2 Å². The first-order chi connectivity index (χ1) is 11.8. The molecule has 0 spiro atoms. The van der Waals surface area contributed by atoms with Crippen molar-refractivity contribution in [2.24, 2.45) is 0 Å². The van der Waals surface area contributed by atoms with E-state index in [1.807, 2.05) is 0 Å². The smallest absolute Gasteiger partial charge is 0.326 e. The van der Waals surface area contributed by atoms with Crippen LogP contribution in [0.4, 0.5) is 5.69 Å². The quantitative estimate of drug-likeness (QED) is 0.494. The Kier molecular flexibility index (Phi) is 6.27. The number of rotatable bonds is 6. The first kappa shape index (κ1) is 19.1. The van der Waals surface area contributed by atoms with Gasteiger partial charge in [-0.25, -0.2) is 4.79 Å². The molecule has 2 rings (SSSR count). The molecule has 0 aliphatic heterocycles. The molecular weight excluding hydrogens is 460 g/mol. The second kappa shape index (κ2) is 8.21. The third kappa shape index (κ3) is 5.10. The molecule has 0 unspecified atom stereocenters. The Balaban J connectivity index is 2.23. The summed E-state index contributed by atoms with van der Waals surface area (Å²) in [4.78, 5) is 34.3. The Bertz CT molecular complexity index is 821. The Labute approximate surface area is 159 Å². The van der Waals surface area contributed by atoms with Crippen molar-refractivity contribution in [1.82, 2.24) is 5.32 Å². The summed E-state index contributed by atoms with van der Waals surface area (Å²) in [6.45, 7) is 0. The van der Waals surface area contributed by atoms with E-state index in [0.717, 1.165) is 0 Å². The lowest BCUT2D eigenvalue weighted by Crippen LogP contribution is -2.42. The second-order valence-electron chi connectivity index (χ2n) is 5.11. The molecule has 0 aliphatic carbocycles. The lowest BCUT2D eigenvalue weighted by atomic mass is 10.0. The fraction of sp³-hybridized carbons (Fsp3) is 0.125. The SMILES string of the molecule is O=C(N[C@@H](Cc1ccccc1[N+](=O)[O-])C(=O)O)c1cc(Br)cc(Br)c1. The second-order valence-corrected chi connectivity index (χ2v) is 6.94. The maximum absolute atomic E-state index is 12.3. The molecule has 2 aromatic rings. The average molecular weight is 472 g/mol. The van der Waals surface area contributed by atoms with Gasteiger partial charge in [0.05, 0.1) is 4.92 Å². The van der Waals surface area contributed by atoms with E-state index in [0.29, 0.717) is 8.95 Å². The summed E-state index contributed by atoms with van der Waals surface area (Å²) in [5, 5.41) is 22.8. The molecular formula is C16H12Br2N2O5. The monoisotopic (exact) mass is 470 g/mol. The Morgan fingerprint density at radius 2 is 1.76 bits per heavy atom. The van der Waals surface area contributed by atoms with Crippen LogP contribution in [0.15, 0.2) is 51.4 Å². The van der Waals surface area contributed by atoms with Gasteiger partial charge in [-0.1, -0.05) is 50.1 Å². The number of benzene rings is 2. The van der Waals surface area contributed by atoms with Gasteiger partial charge in [-0.15, -0.1) is 0 Å². The number of aliphatic carboxylic acids is 1. The van der Waals surface area contributed by atoms with E-state index in [-0.39, 0.29) is 23.2 Å². The van der Waals surface area contributed by atoms with Gasteiger partial charge < -0.3 is 10.4 Å². The van der Waals surface area contributed by atoms with Gasteiger partial charge in [-0.2, -0.15) is 0 Å². The van der Waals surface area contributed by atoms with Crippen molar-refractivity contribution < 1.29 is 19.6 Å². The van der Waals surface area contributed by atoms with Crippen molar-refractivity contribution in [2.45, 2.75) is 12.5 Å². The molecule has 0 bridgehead atoms. The number of hydrogen-bond donors (Lipinski definition) is 2. The fourth-order valence-corrected chi connectivity index (χ4v) is 3.50. The molecule has 130 valence electrons. The van der Waals surface area contributed by atoms with E-state index >= 15 is 0 Å². The first-order valence-corrected chi connectivity index (χ1v) is 8.58. The Hall–Kier alpha value is -2.26. The highest BCUT2D eigenvalue weighted by Gasteiger charge is 2.25. The predicted molar refractivity (Wildman–Crippen MR) is 97.5 cm³/mol. The zero-order valence-electron chi connectivity index (χ0n) is 12.6. The summed E-state index contributed by atoms with van der Waals surface area (Å²) in [6, 6.07) is 9.36. The van der Waals surface area contributed by atoms with Gasteiger partial charge in [-0.05, 0) is 18.2 Å². The molecule has 0 radical (unpaired) electrons. The van der Waals surface area contributed by atoms with Gasteiger partial charge in [0, 0.05) is 32.6 Å². The van der Waals surface area contributed by atoms with Crippen LogP contribution in [-0.4, -0.2) is 27.9 Å². The summed E-state index contributed by atoms with van der Waals surface area (Å²) in [7, 11) is 0. The third-order valence-electron chi connectivity index (χ3n) is 3.34. The van der Waals surface area contributed by atoms with Crippen molar-refractivity contribution in [3.05, 3.63) is 72.7 Å². The van der Waals surface area contributed by atoms with Crippen LogP contribution in [0.5, 0.6) is 0 Å². The van der Waals surface area contributed by atoms with Crippen LogP contribution in [0.3, 0.4) is 0 Å². The predicted octanol–water partition coefficient (Wildman–Crippen LogP) is 3.55. The number of nitrogens with zero attached hydrogens (tertiary/aromatic N) is 1. The summed E-state index contributed by atoms with van der Waals surface area (Å²) < 4.78 is 1.30. The van der Waals surface area contributed by atoms with Gasteiger partial charge in [0.2, 0.25) is 0 Å². The minimum Gasteiger partial charge on any atom is -0.480 e. The summed E-state index contributed by atoms with van der Waals surface area (Å²) in [6.07, 6.45) is -0.201. The summed E-state index contributed by atoms with van der Waals surface area (Å²) in [5.41, 5.74) is 0.305. The van der Waals surface area contributed by atoms with Gasteiger partial charge in [0.1, 0.15) is 6.04 Å². The van der Waals surface area contributed by atoms with E-state index in [1.54, 1.807) is 24.3 Å². The number of amides is 1. The lowest BCUT2D eigenvalue weighted by Gasteiger charge is -2.15. The number of nitrogens with one attached hydrogen (secondary N) is 1. The molecule has 7 nitrogen and oxygen atoms in total. The minimum absolute atomic E-state index is 0.187. The van der Waals surface area contributed by atoms with Crippen molar-refractivity contribution in [1.29, 1.82) is 0 Å². The van der Waals surface area contributed by atoms with E-state index in [1.165, 1.54) is 18.2 Å². The Morgan fingerprint density at radius 3 is 2.32 bits per heavy atom. The topological polar surface area (TPSA) is 110 Å². The number of halogens is 2. The number of carboxylic acid groups (broad SMARTS) is 1. The number of para-hydroxylation sites is 1. The highest BCUT2D eigenvalue weighted by atomic mass is 79.9. The maximum Gasteiger partial charge on any atom is 0.326 e. The normalized spacial score (nSPS) is 11.6. The molecule has 2 N–H and O–H groups in total. The van der Waals surface area contributed by atoms with Gasteiger partial charge >= 0.3 is 5.97 Å². The van der Waals surface area contributed by atoms with Crippen molar-refractivity contribution in [2.75, 3.05) is 0 Å². The van der Waals surface area contributed by atoms with Crippen molar-refractivity contribution >= 4 is 49.4 Å². The average Bonchev–Trinajstić information content (AvgIpc) is 2.53. The van der Waals surface area contributed by atoms with E-state index in [4.69, 9.17) is 0 Å². The van der Waals surface area contributed by atoms with Crippen molar-refractivity contribution in [3.63, 3.8) is 0 Å². The Morgan fingerprint density at radius 1 is 1.16 bits per heavy atom. The van der Waals surface area contributed by atoms with E-state index < -0.39 is 22.8 Å². The molecule has 0 aliphatic rings. The zero-order valence-corrected chi connectivity index (χ0v) is 15.8. The standard InChI is InChI=1S/C16H12Br2N2O5/c17-11-5-10(6-12(18)8-11)15(21)19-13(16(22)23)7-9-3-1-2-4-14(9)20(24)25/h1-6,8,13H,7H2,(H,19,21)(H,22,23)/t13-/m0/s1. The maximum atomic E-state index is 12.3. The zero-order chi connectivity index (χ0) is 18.6. The number of carbonyl (C=O) groups is 2.